The first-order chi connectivity index (χ1) is 27.5. The minimum Gasteiger partial charge on any atom is -0.288 e. The first kappa shape index (κ1) is 36.8. The molecule has 4 aromatic carbocycles. The standard InChI is InChI=1S/2C23H15N3OS/c2*24-15-18(23(27)17-8-3-1-4-9-17)14-19-16-26(20-10-5-2-6-11-20)25-22(19)21-12-7-13-28-21/h2*1-14,16H/b2*18-14+. The van der Waals surface area contributed by atoms with Crippen molar-refractivity contribution in [3.8, 4) is 44.7 Å². The van der Waals surface area contributed by atoms with Gasteiger partial charge in [0.05, 0.1) is 21.1 Å². The van der Waals surface area contributed by atoms with Crippen molar-refractivity contribution in [3.05, 3.63) is 202 Å². The molecule has 8 nitrogen and oxygen atoms in total. The summed E-state index contributed by atoms with van der Waals surface area (Å²) in [6.07, 6.45) is 6.94. The van der Waals surface area contributed by atoms with Crippen LogP contribution < -0.4 is 0 Å². The number of allylic oxidation sites excluding steroid dienone is 2. The second-order valence-corrected chi connectivity index (χ2v) is 14.0. The monoisotopic (exact) mass is 762 g/mol. The zero-order valence-corrected chi connectivity index (χ0v) is 31.3. The topological polar surface area (TPSA) is 117 Å². The maximum atomic E-state index is 12.7. The van der Waals surface area contributed by atoms with Crippen LogP contribution in [0.5, 0.6) is 0 Å². The third-order valence-corrected chi connectivity index (χ3v) is 10.2. The fourth-order valence-electron chi connectivity index (χ4n) is 5.72. The number of carbonyl (C=O) groups excluding carboxylic acids is 2. The number of rotatable bonds is 10. The number of Topliss-reactive ketones (excluding diaryl/α,β-unsaturated/α-hetero) is 2. The lowest BCUT2D eigenvalue weighted by atomic mass is 10.0. The fraction of sp³-hybridized carbons (Fsp3) is 0. The molecule has 4 heterocycles. The van der Waals surface area contributed by atoms with Crippen molar-refractivity contribution >= 4 is 46.4 Å². The van der Waals surface area contributed by atoms with Crippen LogP contribution in [0.25, 0.3) is 44.7 Å². The molecule has 0 amide bonds. The molecule has 0 spiro atoms. The minimum atomic E-state index is -0.298. The number of ketones is 2. The fourth-order valence-corrected chi connectivity index (χ4v) is 7.18. The molecule has 0 atom stereocenters. The third kappa shape index (κ3) is 8.49. The summed E-state index contributed by atoms with van der Waals surface area (Å²) in [5.74, 6) is -0.597. The molecule has 0 aliphatic heterocycles. The number of hydrogen-bond donors (Lipinski definition) is 0. The number of thiophene rings is 2. The molecular formula is C46H30N6O2S2. The Labute approximate surface area is 331 Å². The van der Waals surface area contributed by atoms with Crippen LogP contribution in [0.1, 0.15) is 31.8 Å². The van der Waals surface area contributed by atoms with Crippen molar-refractivity contribution in [1.82, 2.24) is 19.6 Å². The summed E-state index contributed by atoms with van der Waals surface area (Å²) in [7, 11) is 0. The van der Waals surface area contributed by atoms with Gasteiger partial charge >= 0.3 is 0 Å². The van der Waals surface area contributed by atoms with Crippen LogP contribution in [0.2, 0.25) is 0 Å². The number of para-hydroxylation sites is 2. The van der Waals surface area contributed by atoms with Gasteiger partial charge in [-0.3, -0.25) is 9.59 Å². The second kappa shape index (κ2) is 17.5. The lowest BCUT2D eigenvalue weighted by Gasteiger charge is -1.99. The summed E-state index contributed by atoms with van der Waals surface area (Å²) in [5.41, 5.74) is 5.90. The highest BCUT2D eigenvalue weighted by atomic mass is 32.1. The van der Waals surface area contributed by atoms with Crippen LogP contribution in [0.3, 0.4) is 0 Å². The average molecular weight is 763 g/mol. The van der Waals surface area contributed by atoms with Crippen LogP contribution in [0.4, 0.5) is 0 Å². The first-order valence-electron chi connectivity index (χ1n) is 17.3. The molecule has 268 valence electrons. The van der Waals surface area contributed by atoms with E-state index in [0.717, 1.165) is 43.6 Å². The van der Waals surface area contributed by atoms with Gasteiger partial charge in [0.2, 0.25) is 11.6 Å². The molecule has 0 bridgehead atoms. The second-order valence-electron chi connectivity index (χ2n) is 12.1. The Hall–Kier alpha value is -7.50. The first-order valence-corrected chi connectivity index (χ1v) is 19.1. The quantitative estimate of drug-likeness (QED) is 0.0778. The molecule has 8 aromatic rings. The van der Waals surface area contributed by atoms with Crippen LogP contribution in [0, 0.1) is 22.7 Å². The van der Waals surface area contributed by atoms with Crippen molar-refractivity contribution in [3.63, 3.8) is 0 Å². The Morgan fingerprint density at radius 2 is 0.857 bits per heavy atom. The summed E-state index contributed by atoms with van der Waals surface area (Å²) in [4.78, 5) is 27.4. The maximum Gasteiger partial charge on any atom is 0.203 e. The minimum absolute atomic E-state index is 0.0802. The molecule has 0 aliphatic carbocycles. The molecule has 0 N–H and O–H groups in total. The van der Waals surface area contributed by atoms with Gasteiger partial charge in [0, 0.05) is 34.6 Å². The summed E-state index contributed by atoms with van der Waals surface area (Å²) in [5, 5.41) is 32.6. The summed E-state index contributed by atoms with van der Waals surface area (Å²) in [6.45, 7) is 0. The van der Waals surface area contributed by atoms with E-state index in [1.165, 1.54) is 0 Å². The molecule has 0 radical (unpaired) electrons. The Balaban J connectivity index is 0.000000172. The van der Waals surface area contributed by atoms with E-state index in [0.29, 0.717) is 11.1 Å². The molecule has 4 aromatic heterocycles. The van der Waals surface area contributed by atoms with Crippen LogP contribution in [0.15, 0.2) is 180 Å². The zero-order valence-electron chi connectivity index (χ0n) is 29.6. The Morgan fingerprint density at radius 1 is 0.500 bits per heavy atom. The van der Waals surface area contributed by atoms with E-state index in [9.17, 15) is 20.1 Å². The Bertz CT molecular complexity index is 2530. The van der Waals surface area contributed by atoms with E-state index in [1.54, 1.807) is 92.7 Å². The molecule has 0 saturated heterocycles. The van der Waals surface area contributed by atoms with Crippen LogP contribution in [-0.4, -0.2) is 31.1 Å². The van der Waals surface area contributed by atoms with E-state index in [2.05, 4.69) is 0 Å². The molecule has 8 rings (SSSR count). The average Bonchev–Trinajstić information content (AvgIpc) is 4.11. The molecule has 56 heavy (non-hydrogen) atoms. The van der Waals surface area contributed by atoms with Crippen LogP contribution in [-0.2, 0) is 0 Å². The van der Waals surface area contributed by atoms with Gasteiger partial charge in [-0.25, -0.2) is 9.36 Å². The molecule has 0 unspecified atom stereocenters. The largest absolute Gasteiger partial charge is 0.288 e. The van der Waals surface area contributed by atoms with Gasteiger partial charge in [0.15, 0.2) is 0 Å². The number of nitrogens with zero attached hydrogens (tertiary/aromatic N) is 6. The van der Waals surface area contributed by atoms with E-state index in [4.69, 9.17) is 10.2 Å². The summed E-state index contributed by atoms with van der Waals surface area (Å²) in [6, 6.07) is 49.1. The number of benzene rings is 4. The van der Waals surface area contributed by atoms with Gasteiger partial charge in [-0.2, -0.15) is 20.7 Å². The lowest BCUT2D eigenvalue weighted by Crippen LogP contribution is -2.01. The lowest BCUT2D eigenvalue weighted by molar-refractivity contribution is 0.103. The number of carbonyl (C=O) groups is 2. The van der Waals surface area contributed by atoms with Gasteiger partial charge in [-0.1, -0.05) is 109 Å². The SMILES string of the molecule is N#C/C(=C\c1cn(-c2ccccc2)nc1-c1cccs1)C(=O)c1ccccc1.N#C/C(=C\c1cn(-c2ccccc2)nc1-c1cccs1)C(=O)c1ccccc1. The highest BCUT2D eigenvalue weighted by Gasteiger charge is 2.18. The van der Waals surface area contributed by atoms with Crippen molar-refractivity contribution < 1.29 is 9.59 Å². The van der Waals surface area contributed by atoms with Gasteiger partial charge in [0.1, 0.15) is 34.7 Å². The summed E-state index contributed by atoms with van der Waals surface area (Å²) >= 11 is 3.13. The Kier molecular flexibility index (Phi) is 11.5. The van der Waals surface area contributed by atoms with Gasteiger partial charge < -0.3 is 0 Å². The highest BCUT2D eigenvalue weighted by molar-refractivity contribution is 7.13. The normalized spacial score (nSPS) is 11.2. The summed E-state index contributed by atoms with van der Waals surface area (Å²) < 4.78 is 3.53. The van der Waals surface area contributed by atoms with E-state index in [-0.39, 0.29) is 22.7 Å². The molecule has 0 fully saturated rings. The van der Waals surface area contributed by atoms with Crippen molar-refractivity contribution in [1.29, 1.82) is 10.5 Å². The van der Waals surface area contributed by atoms with E-state index >= 15 is 0 Å². The third-order valence-electron chi connectivity index (χ3n) is 8.44. The molecule has 0 aliphatic rings. The maximum absolute atomic E-state index is 12.7. The van der Waals surface area contributed by atoms with E-state index < -0.39 is 0 Å². The van der Waals surface area contributed by atoms with Crippen molar-refractivity contribution in [2.24, 2.45) is 0 Å². The van der Waals surface area contributed by atoms with Gasteiger partial charge in [0.25, 0.3) is 0 Å². The molecular weight excluding hydrogens is 733 g/mol. The van der Waals surface area contributed by atoms with Crippen LogP contribution >= 0.6 is 22.7 Å². The smallest absolute Gasteiger partial charge is 0.203 e. The van der Waals surface area contributed by atoms with Crippen molar-refractivity contribution in [2.45, 2.75) is 0 Å². The van der Waals surface area contributed by atoms with E-state index in [1.807, 2.05) is 132 Å². The zero-order chi connectivity index (χ0) is 38.7. The molecule has 10 heteroatoms. The Morgan fingerprint density at radius 3 is 1.18 bits per heavy atom. The highest BCUT2D eigenvalue weighted by Crippen LogP contribution is 2.31. The van der Waals surface area contributed by atoms with Crippen molar-refractivity contribution in [2.75, 3.05) is 0 Å². The number of nitriles is 2. The predicted octanol–water partition coefficient (Wildman–Crippen LogP) is 10.8. The van der Waals surface area contributed by atoms with Gasteiger partial charge in [-0.15, -0.1) is 22.7 Å². The number of hydrogen-bond acceptors (Lipinski definition) is 8. The van der Waals surface area contributed by atoms with Gasteiger partial charge in [-0.05, 0) is 59.3 Å². The number of aromatic nitrogens is 4. The molecule has 0 saturated carbocycles. The predicted molar refractivity (Wildman–Crippen MR) is 222 cm³/mol.